The van der Waals surface area contributed by atoms with Crippen molar-refractivity contribution in [3.63, 3.8) is 0 Å². The van der Waals surface area contributed by atoms with E-state index in [0.29, 0.717) is 12.5 Å². The molecule has 2 heterocycles. The van der Waals surface area contributed by atoms with Crippen molar-refractivity contribution in [3.8, 4) is 0 Å². The minimum absolute atomic E-state index is 0.117. The highest BCUT2D eigenvalue weighted by molar-refractivity contribution is 5.89. The van der Waals surface area contributed by atoms with Gasteiger partial charge in [-0.3, -0.25) is 0 Å². The highest BCUT2D eigenvalue weighted by Gasteiger charge is 2.23. The second-order valence-corrected chi connectivity index (χ2v) is 7.87. The molecule has 2 aliphatic rings. The van der Waals surface area contributed by atoms with Gasteiger partial charge < -0.3 is 20.4 Å². The second-order valence-electron chi connectivity index (χ2n) is 7.87. The topological polar surface area (TPSA) is 47.6 Å². The van der Waals surface area contributed by atoms with E-state index in [0.717, 1.165) is 38.3 Å². The van der Waals surface area contributed by atoms with E-state index in [9.17, 15) is 4.79 Å². The molecule has 148 valence electrons. The van der Waals surface area contributed by atoms with Gasteiger partial charge in [-0.15, -0.1) is 0 Å². The van der Waals surface area contributed by atoms with Crippen LogP contribution in [0.25, 0.3) is 0 Å². The van der Waals surface area contributed by atoms with Gasteiger partial charge in [0.15, 0.2) is 0 Å². The number of amides is 2. The number of nitrogens with one attached hydrogen (secondary N) is 2. The third-order valence-corrected chi connectivity index (χ3v) is 5.78. The monoisotopic (exact) mass is 378 g/mol. The lowest BCUT2D eigenvalue weighted by Crippen LogP contribution is -2.34. The molecule has 0 radical (unpaired) electrons. The van der Waals surface area contributed by atoms with Crippen LogP contribution in [-0.2, 0) is 0 Å². The molecule has 1 unspecified atom stereocenters. The first-order valence-electron chi connectivity index (χ1n) is 10.5. The lowest BCUT2D eigenvalue weighted by molar-refractivity contribution is 0.250. The van der Waals surface area contributed by atoms with E-state index in [1.165, 1.54) is 30.6 Å². The summed E-state index contributed by atoms with van der Waals surface area (Å²) < 4.78 is 0. The Morgan fingerprint density at radius 2 is 1.68 bits per heavy atom. The summed E-state index contributed by atoms with van der Waals surface area (Å²) in [5.74, 6) is 0.491. The van der Waals surface area contributed by atoms with Crippen LogP contribution < -0.4 is 20.4 Å². The van der Waals surface area contributed by atoms with Crippen LogP contribution in [-0.4, -0.2) is 38.8 Å². The molecule has 0 aromatic heterocycles. The van der Waals surface area contributed by atoms with Crippen LogP contribution >= 0.6 is 0 Å². The van der Waals surface area contributed by atoms with E-state index in [4.69, 9.17) is 0 Å². The van der Waals surface area contributed by atoms with Crippen molar-refractivity contribution in [2.45, 2.75) is 25.7 Å². The summed E-state index contributed by atoms with van der Waals surface area (Å²) in [4.78, 5) is 17.2. The smallest absolute Gasteiger partial charge is 0.319 e. The van der Waals surface area contributed by atoms with Crippen molar-refractivity contribution in [2.75, 3.05) is 47.8 Å². The molecular formula is C23H30N4O. The third-order valence-electron chi connectivity index (χ3n) is 5.78. The number of nitrogens with zero attached hydrogens (tertiary/aromatic N) is 2. The summed E-state index contributed by atoms with van der Waals surface area (Å²) in [5, 5.41) is 6.05. The molecular weight excluding hydrogens is 348 g/mol. The van der Waals surface area contributed by atoms with E-state index < -0.39 is 0 Å². The number of para-hydroxylation sites is 1. The van der Waals surface area contributed by atoms with E-state index in [1.54, 1.807) is 0 Å². The Morgan fingerprint density at radius 3 is 2.50 bits per heavy atom. The van der Waals surface area contributed by atoms with Gasteiger partial charge in [-0.2, -0.15) is 0 Å². The number of anilines is 3. The van der Waals surface area contributed by atoms with E-state index in [-0.39, 0.29) is 6.03 Å². The standard InChI is InChI=1S/C23H30N4O/c28-23(24-17-19-12-15-27(18-19)21-9-3-1-4-10-21)25-20-8-7-11-22(16-20)26-13-5-2-6-14-26/h1,3-4,7-11,16,19H,2,5-6,12-15,17-18H2,(H2,24,25,28). The van der Waals surface area contributed by atoms with Gasteiger partial charge >= 0.3 is 6.03 Å². The summed E-state index contributed by atoms with van der Waals surface area (Å²) in [6.45, 7) is 4.97. The van der Waals surface area contributed by atoms with Crippen LogP contribution in [0.2, 0.25) is 0 Å². The molecule has 2 aliphatic heterocycles. The van der Waals surface area contributed by atoms with E-state index in [2.05, 4.69) is 56.8 Å². The molecule has 2 aromatic carbocycles. The van der Waals surface area contributed by atoms with Gasteiger partial charge in [-0.05, 0) is 61.9 Å². The molecule has 2 amide bonds. The molecule has 28 heavy (non-hydrogen) atoms. The molecule has 2 saturated heterocycles. The number of rotatable bonds is 5. The first kappa shape index (κ1) is 18.7. The third kappa shape index (κ3) is 4.77. The number of carbonyl (C=O) groups excluding carboxylic acids is 1. The van der Waals surface area contributed by atoms with Gasteiger partial charge in [0.05, 0.1) is 0 Å². The minimum Gasteiger partial charge on any atom is -0.371 e. The van der Waals surface area contributed by atoms with Gasteiger partial charge in [0, 0.05) is 49.8 Å². The van der Waals surface area contributed by atoms with Crippen LogP contribution in [0.1, 0.15) is 25.7 Å². The first-order valence-corrected chi connectivity index (χ1v) is 10.5. The fraction of sp³-hybridized carbons (Fsp3) is 0.435. The quantitative estimate of drug-likeness (QED) is 0.814. The summed E-state index contributed by atoms with van der Waals surface area (Å²) in [6.07, 6.45) is 4.93. The lowest BCUT2D eigenvalue weighted by Gasteiger charge is -2.29. The van der Waals surface area contributed by atoms with Gasteiger partial charge in [0.1, 0.15) is 0 Å². The Balaban J connectivity index is 1.25. The van der Waals surface area contributed by atoms with E-state index in [1.807, 2.05) is 18.2 Å². The molecule has 0 spiro atoms. The Morgan fingerprint density at radius 1 is 0.893 bits per heavy atom. The van der Waals surface area contributed by atoms with E-state index >= 15 is 0 Å². The van der Waals surface area contributed by atoms with Crippen LogP contribution in [0.5, 0.6) is 0 Å². The van der Waals surface area contributed by atoms with Crippen molar-refractivity contribution < 1.29 is 4.79 Å². The van der Waals surface area contributed by atoms with Crippen molar-refractivity contribution in [2.24, 2.45) is 5.92 Å². The Bertz CT molecular complexity index is 773. The number of benzene rings is 2. The molecule has 0 aliphatic carbocycles. The van der Waals surface area contributed by atoms with Crippen LogP contribution in [0, 0.1) is 5.92 Å². The predicted molar refractivity (Wildman–Crippen MR) is 116 cm³/mol. The predicted octanol–water partition coefficient (Wildman–Crippen LogP) is 4.32. The van der Waals surface area contributed by atoms with Gasteiger partial charge in [0.25, 0.3) is 0 Å². The summed E-state index contributed by atoms with van der Waals surface area (Å²) in [7, 11) is 0. The lowest BCUT2D eigenvalue weighted by atomic mass is 10.1. The first-order chi connectivity index (χ1) is 13.8. The zero-order chi connectivity index (χ0) is 19.2. The summed E-state index contributed by atoms with van der Waals surface area (Å²) in [6, 6.07) is 18.6. The Hall–Kier alpha value is -2.69. The largest absolute Gasteiger partial charge is 0.371 e. The van der Waals surface area contributed by atoms with Crippen molar-refractivity contribution in [1.82, 2.24) is 5.32 Å². The van der Waals surface area contributed by atoms with Crippen molar-refractivity contribution >= 4 is 23.1 Å². The molecule has 0 saturated carbocycles. The van der Waals surface area contributed by atoms with Gasteiger partial charge in [-0.1, -0.05) is 24.3 Å². The fourth-order valence-corrected chi connectivity index (χ4v) is 4.22. The normalized spacial score (nSPS) is 19.5. The maximum absolute atomic E-state index is 12.4. The fourth-order valence-electron chi connectivity index (χ4n) is 4.22. The van der Waals surface area contributed by atoms with Crippen LogP contribution in [0.4, 0.5) is 21.9 Å². The summed E-state index contributed by atoms with van der Waals surface area (Å²) >= 11 is 0. The molecule has 4 rings (SSSR count). The maximum atomic E-state index is 12.4. The maximum Gasteiger partial charge on any atom is 0.319 e. The van der Waals surface area contributed by atoms with Crippen LogP contribution in [0.3, 0.4) is 0 Å². The minimum atomic E-state index is -0.117. The molecule has 2 N–H and O–H groups in total. The molecule has 2 aromatic rings. The summed E-state index contributed by atoms with van der Waals surface area (Å²) in [5.41, 5.74) is 3.33. The van der Waals surface area contributed by atoms with Gasteiger partial charge in [0.2, 0.25) is 0 Å². The molecule has 2 fully saturated rings. The molecule has 0 bridgehead atoms. The number of urea groups is 1. The molecule has 5 nitrogen and oxygen atoms in total. The second kappa shape index (κ2) is 9.00. The van der Waals surface area contributed by atoms with Gasteiger partial charge in [-0.25, -0.2) is 4.79 Å². The highest BCUT2D eigenvalue weighted by atomic mass is 16.2. The number of hydrogen-bond donors (Lipinski definition) is 2. The zero-order valence-electron chi connectivity index (χ0n) is 16.4. The highest BCUT2D eigenvalue weighted by Crippen LogP contribution is 2.24. The number of hydrogen-bond acceptors (Lipinski definition) is 3. The average Bonchev–Trinajstić information content (AvgIpc) is 3.23. The average molecular weight is 379 g/mol. The Kier molecular flexibility index (Phi) is 6.00. The molecule has 5 heteroatoms. The zero-order valence-corrected chi connectivity index (χ0v) is 16.4. The SMILES string of the molecule is O=C(NCC1CCN(c2ccccc2)C1)Nc1cccc(N2CCCCC2)c1. The molecule has 1 atom stereocenters. The van der Waals surface area contributed by atoms with Crippen molar-refractivity contribution in [3.05, 3.63) is 54.6 Å². The number of carbonyl (C=O) groups is 1. The Labute approximate surface area is 167 Å². The van der Waals surface area contributed by atoms with Crippen LogP contribution in [0.15, 0.2) is 54.6 Å². The van der Waals surface area contributed by atoms with Crippen molar-refractivity contribution in [1.29, 1.82) is 0 Å². The number of piperidine rings is 1.